The summed E-state index contributed by atoms with van der Waals surface area (Å²) < 4.78 is 18.7. The van der Waals surface area contributed by atoms with Crippen LogP contribution in [-0.4, -0.2) is 50.8 Å². The number of benzene rings is 3. The second kappa shape index (κ2) is 13.4. The number of piperidine rings is 1. The zero-order chi connectivity index (χ0) is 26.9. The number of hydrogen-bond donors (Lipinski definition) is 2. The zero-order valence-electron chi connectivity index (χ0n) is 21.4. The fourth-order valence-corrected chi connectivity index (χ4v) is 5.18. The van der Waals surface area contributed by atoms with Gasteiger partial charge in [0.2, 0.25) is 0 Å². The summed E-state index contributed by atoms with van der Waals surface area (Å²) in [4.78, 5) is 15.1. The molecule has 2 amide bonds. The van der Waals surface area contributed by atoms with Crippen molar-refractivity contribution in [2.45, 2.75) is 18.8 Å². The van der Waals surface area contributed by atoms with Crippen molar-refractivity contribution in [3.63, 3.8) is 0 Å². The van der Waals surface area contributed by atoms with E-state index in [1.165, 1.54) is 18.2 Å². The largest absolute Gasteiger partial charge is 0.383 e. The lowest BCUT2D eigenvalue weighted by Crippen LogP contribution is -2.40. The topological polar surface area (TPSA) is 77.4 Å². The lowest BCUT2D eigenvalue weighted by atomic mass is 9.79. The molecule has 0 radical (unpaired) electrons. The van der Waals surface area contributed by atoms with Gasteiger partial charge < -0.3 is 20.3 Å². The normalized spacial score (nSPS) is 15.0. The van der Waals surface area contributed by atoms with Crippen LogP contribution >= 0.6 is 11.6 Å². The van der Waals surface area contributed by atoms with E-state index in [1.807, 2.05) is 18.2 Å². The van der Waals surface area contributed by atoms with E-state index >= 15 is 0 Å². The maximum Gasteiger partial charge on any atom is 0.319 e. The maximum atomic E-state index is 13.5. The molecule has 0 bridgehead atoms. The number of likely N-dealkylation sites (tertiary alicyclic amines) is 1. The number of hydrogen-bond acceptors (Lipinski definition) is 4. The third-order valence-corrected chi connectivity index (χ3v) is 7.43. The predicted molar refractivity (Wildman–Crippen MR) is 149 cm³/mol. The summed E-state index contributed by atoms with van der Waals surface area (Å²) in [6.45, 7) is 4.09. The summed E-state index contributed by atoms with van der Waals surface area (Å²) in [5.41, 5.74) is 4.25. The number of anilines is 1. The fourth-order valence-electron chi connectivity index (χ4n) is 5.00. The van der Waals surface area contributed by atoms with E-state index in [4.69, 9.17) is 16.3 Å². The van der Waals surface area contributed by atoms with Crippen molar-refractivity contribution in [2.24, 2.45) is 5.92 Å². The number of halogens is 2. The van der Waals surface area contributed by atoms with Gasteiger partial charge in [-0.05, 0) is 78.9 Å². The highest BCUT2D eigenvalue weighted by molar-refractivity contribution is 6.31. The Morgan fingerprint density at radius 3 is 2.58 bits per heavy atom. The number of nitriles is 1. The fraction of sp³-hybridized carbons (Fsp3) is 0.333. The van der Waals surface area contributed by atoms with Crippen molar-refractivity contribution in [1.29, 1.82) is 5.26 Å². The van der Waals surface area contributed by atoms with Crippen molar-refractivity contribution in [1.82, 2.24) is 10.2 Å². The zero-order valence-corrected chi connectivity index (χ0v) is 22.2. The molecule has 3 aromatic carbocycles. The smallest absolute Gasteiger partial charge is 0.319 e. The number of amides is 2. The molecule has 3 aromatic rings. The molecule has 4 rings (SSSR count). The summed E-state index contributed by atoms with van der Waals surface area (Å²) in [6, 6.07) is 21.9. The van der Waals surface area contributed by atoms with Gasteiger partial charge in [0.15, 0.2) is 0 Å². The highest BCUT2D eigenvalue weighted by atomic mass is 35.5. The summed E-state index contributed by atoms with van der Waals surface area (Å²) in [5.74, 6) is 0.000999. The first-order chi connectivity index (χ1) is 18.5. The first kappa shape index (κ1) is 27.6. The number of carbonyl (C=O) groups excluding carboxylic acids is 1. The molecule has 0 aromatic heterocycles. The number of urea groups is 1. The van der Waals surface area contributed by atoms with Crippen LogP contribution in [0, 0.1) is 23.1 Å². The SMILES string of the molecule is COCCN1CCC(C(CNC(=O)Nc2ccc(F)c(Cl)c2)c2ccc(-c3cccc(C#N)c3)cc2)CC1. The van der Waals surface area contributed by atoms with Gasteiger partial charge in [0, 0.05) is 31.8 Å². The first-order valence-electron chi connectivity index (χ1n) is 12.8. The Hall–Kier alpha value is -3.44. The number of nitrogens with zero attached hydrogens (tertiary/aromatic N) is 2. The Bertz CT molecular complexity index is 1270. The van der Waals surface area contributed by atoms with Gasteiger partial charge in [-0.1, -0.05) is 48.0 Å². The Kier molecular flexibility index (Phi) is 9.72. The van der Waals surface area contributed by atoms with Gasteiger partial charge in [0.25, 0.3) is 0 Å². The number of ether oxygens (including phenoxy) is 1. The molecular formula is C30H32ClFN4O2. The average molecular weight is 535 g/mol. The van der Waals surface area contributed by atoms with Gasteiger partial charge in [0.05, 0.1) is 23.3 Å². The van der Waals surface area contributed by atoms with Gasteiger partial charge in [-0.25, -0.2) is 9.18 Å². The summed E-state index contributed by atoms with van der Waals surface area (Å²) in [7, 11) is 1.72. The average Bonchev–Trinajstić information content (AvgIpc) is 2.95. The quantitative estimate of drug-likeness (QED) is 0.338. The van der Waals surface area contributed by atoms with Crippen molar-refractivity contribution in [3.05, 3.63) is 88.7 Å². The maximum absolute atomic E-state index is 13.5. The van der Waals surface area contributed by atoms with Crippen LogP contribution in [0.2, 0.25) is 5.02 Å². The molecule has 198 valence electrons. The number of nitrogens with one attached hydrogen (secondary N) is 2. The van der Waals surface area contributed by atoms with Crippen molar-refractivity contribution in [3.8, 4) is 17.2 Å². The Morgan fingerprint density at radius 2 is 1.89 bits per heavy atom. The summed E-state index contributed by atoms with van der Waals surface area (Å²) >= 11 is 5.85. The molecule has 6 nitrogen and oxygen atoms in total. The standard InChI is InChI=1S/C30H32ClFN4O2/c1-38-16-15-36-13-11-24(12-14-36)27(20-34-30(37)35-26-9-10-29(32)28(31)18-26)23-7-5-22(6-8-23)25-4-2-3-21(17-25)19-33/h2-10,17-18,24,27H,11-16,20H2,1H3,(H2,34,35,37). The van der Waals surface area contributed by atoms with Crippen molar-refractivity contribution < 1.29 is 13.9 Å². The number of rotatable bonds is 9. The molecule has 0 aliphatic carbocycles. The van der Waals surface area contributed by atoms with Gasteiger partial charge in [0.1, 0.15) is 5.82 Å². The van der Waals surface area contributed by atoms with E-state index in [1.54, 1.807) is 13.2 Å². The molecular weight excluding hydrogens is 503 g/mol. The molecule has 8 heteroatoms. The van der Waals surface area contributed by atoms with E-state index in [9.17, 15) is 14.4 Å². The third-order valence-electron chi connectivity index (χ3n) is 7.14. The molecule has 0 spiro atoms. The minimum absolute atomic E-state index is 0.0405. The van der Waals surface area contributed by atoms with Gasteiger partial charge in [-0.15, -0.1) is 0 Å². The van der Waals surface area contributed by atoms with E-state index < -0.39 is 5.82 Å². The van der Waals surface area contributed by atoms with Crippen LogP contribution < -0.4 is 10.6 Å². The number of methoxy groups -OCH3 is 1. The Balaban J connectivity index is 1.47. The minimum Gasteiger partial charge on any atom is -0.383 e. The lowest BCUT2D eigenvalue weighted by Gasteiger charge is -2.36. The molecule has 0 saturated carbocycles. The van der Waals surface area contributed by atoms with Crippen molar-refractivity contribution >= 4 is 23.3 Å². The molecule has 1 heterocycles. The van der Waals surface area contributed by atoms with Crippen LogP contribution in [0.4, 0.5) is 14.9 Å². The van der Waals surface area contributed by atoms with E-state index in [2.05, 4.69) is 45.9 Å². The van der Waals surface area contributed by atoms with E-state index in [0.717, 1.165) is 55.8 Å². The second-order valence-electron chi connectivity index (χ2n) is 9.56. The molecule has 38 heavy (non-hydrogen) atoms. The second-order valence-corrected chi connectivity index (χ2v) is 9.96. The summed E-state index contributed by atoms with van der Waals surface area (Å²) in [5, 5.41) is 14.9. The van der Waals surface area contributed by atoms with E-state index in [0.29, 0.717) is 23.7 Å². The minimum atomic E-state index is -0.530. The third kappa shape index (κ3) is 7.32. The summed E-state index contributed by atoms with van der Waals surface area (Å²) in [6.07, 6.45) is 2.05. The molecule has 2 N–H and O–H groups in total. The Morgan fingerprint density at radius 1 is 1.13 bits per heavy atom. The van der Waals surface area contributed by atoms with Gasteiger partial charge in [-0.3, -0.25) is 0 Å². The highest BCUT2D eigenvalue weighted by Crippen LogP contribution is 2.34. The molecule has 1 aliphatic rings. The molecule has 1 fully saturated rings. The molecule has 1 unspecified atom stereocenters. The van der Waals surface area contributed by atoms with Crippen LogP contribution in [0.5, 0.6) is 0 Å². The first-order valence-corrected chi connectivity index (χ1v) is 13.2. The highest BCUT2D eigenvalue weighted by Gasteiger charge is 2.28. The van der Waals surface area contributed by atoms with Crippen molar-refractivity contribution in [2.75, 3.05) is 45.2 Å². The van der Waals surface area contributed by atoms with Crippen LogP contribution in [0.15, 0.2) is 66.7 Å². The predicted octanol–water partition coefficient (Wildman–Crippen LogP) is 6.28. The monoisotopic (exact) mass is 534 g/mol. The Labute approximate surface area is 228 Å². The van der Waals surface area contributed by atoms with Crippen LogP contribution in [0.3, 0.4) is 0 Å². The van der Waals surface area contributed by atoms with Crippen LogP contribution in [0.1, 0.15) is 29.9 Å². The number of carbonyl (C=O) groups is 1. The molecule has 1 aliphatic heterocycles. The van der Waals surface area contributed by atoms with Crippen LogP contribution in [-0.2, 0) is 4.74 Å². The van der Waals surface area contributed by atoms with E-state index in [-0.39, 0.29) is 17.0 Å². The van der Waals surface area contributed by atoms with Gasteiger partial charge in [-0.2, -0.15) is 5.26 Å². The lowest BCUT2D eigenvalue weighted by molar-refractivity contribution is 0.114. The molecule has 1 saturated heterocycles. The van der Waals surface area contributed by atoms with Gasteiger partial charge >= 0.3 is 6.03 Å². The molecule has 1 atom stereocenters. The van der Waals surface area contributed by atoms with Crippen LogP contribution in [0.25, 0.3) is 11.1 Å².